The highest BCUT2D eigenvalue weighted by Crippen LogP contribution is 2.44. The fraction of sp³-hybridized carbons (Fsp3) is 0.281. The van der Waals surface area contributed by atoms with Gasteiger partial charge < -0.3 is 19.5 Å². The summed E-state index contributed by atoms with van der Waals surface area (Å²) in [5.41, 5.74) is 5.07. The van der Waals surface area contributed by atoms with Crippen LogP contribution in [0.25, 0.3) is 22.0 Å². The fourth-order valence-corrected chi connectivity index (χ4v) is 5.21. The molecule has 3 aromatic carbocycles. The van der Waals surface area contributed by atoms with Crippen LogP contribution in [0.2, 0.25) is 0 Å². The maximum Gasteiger partial charge on any atom is 0.419 e. The molecular formula is C32H32N2O6. The molecule has 8 heteroatoms. The van der Waals surface area contributed by atoms with Crippen LogP contribution in [0.3, 0.4) is 0 Å². The topological polar surface area (TPSA) is 95.9 Å². The number of para-hydroxylation sites is 1. The lowest BCUT2D eigenvalue weighted by Crippen LogP contribution is -2.43. The summed E-state index contributed by atoms with van der Waals surface area (Å²) in [7, 11) is 1.26. The summed E-state index contributed by atoms with van der Waals surface area (Å²) in [6.07, 6.45) is 0.462. The van der Waals surface area contributed by atoms with E-state index in [1.54, 1.807) is 33.0 Å². The predicted octanol–water partition coefficient (Wildman–Crippen LogP) is 6.05. The number of benzene rings is 3. The first-order chi connectivity index (χ1) is 19.2. The molecule has 0 radical (unpaired) electrons. The molecule has 206 valence electrons. The van der Waals surface area contributed by atoms with Crippen molar-refractivity contribution < 1.29 is 28.6 Å². The van der Waals surface area contributed by atoms with E-state index in [4.69, 9.17) is 14.2 Å². The van der Waals surface area contributed by atoms with E-state index < -0.39 is 29.8 Å². The molecule has 0 aliphatic heterocycles. The maximum atomic E-state index is 13.0. The van der Waals surface area contributed by atoms with Crippen LogP contribution >= 0.6 is 0 Å². The van der Waals surface area contributed by atoms with Crippen molar-refractivity contribution in [3.8, 4) is 11.1 Å². The van der Waals surface area contributed by atoms with Gasteiger partial charge in [0.15, 0.2) is 0 Å². The van der Waals surface area contributed by atoms with Gasteiger partial charge in [0, 0.05) is 23.9 Å². The van der Waals surface area contributed by atoms with Crippen molar-refractivity contribution in [2.45, 2.75) is 44.8 Å². The Kier molecular flexibility index (Phi) is 7.34. The van der Waals surface area contributed by atoms with Crippen LogP contribution < -0.4 is 5.32 Å². The van der Waals surface area contributed by atoms with Gasteiger partial charge in [-0.3, -0.25) is 4.57 Å². The van der Waals surface area contributed by atoms with Gasteiger partial charge in [0.1, 0.15) is 18.2 Å². The minimum Gasteiger partial charge on any atom is -0.467 e. The van der Waals surface area contributed by atoms with Crippen molar-refractivity contribution in [3.63, 3.8) is 0 Å². The number of nitrogens with one attached hydrogen (secondary N) is 1. The van der Waals surface area contributed by atoms with E-state index in [0.29, 0.717) is 11.1 Å². The van der Waals surface area contributed by atoms with Gasteiger partial charge in [-0.2, -0.15) is 0 Å². The number of nitrogens with zero attached hydrogens (tertiary/aromatic N) is 1. The number of hydrogen-bond acceptors (Lipinski definition) is 6. The van der Waals surface area contributed by atoms with Gasteiger partial charge in [-0.25, -0.2) is 14.4 Å². The second-order valence-electron chi connectivity index (χ2n) is 10.8. The Morgan fingerprint density at radius 1 is 0.900 bits per heavy atom. The Balaban J connectivity index is 1.33. The Bertz CT molecular complexity index is 1540. The molecule has 5 rings (SSSR count). The van der Waals surface area contributed by atoms with Crippen molar-refractivity contribution in [2.24, 2.45) is 0 Å². The summed E-state index contributed by atoms with van der Waals surface area (Å²) in [6.45, 7) is 5.50. The molecule has 40 heavy (non-hydrogen) atoms. The molecule has 1 unspecified atom stereocenters. The number of methoxy groups -OCH3 is 1. The molecule has 1 N–H and O–H groups in total. The van der Waals surface area contributed by atoms with E-state index in [1.807, 2.05) is 54.6 Å². The Hall–Kier alpha value is -4.59. The maximum absolute atomic E-state index is 13.0. The number of alkyl carbamates (subject to hydrolysis) is 1. The number of hydrogen-bond donors (Lipinski definition) is 1. The van der Waals surface area contributed by atoms with E-state index in [2.05, 4.69) is 17.4 Å². The lowest BCUT2D eigenvalue weighted by molar-refractivity contribution is -0.142. The molecule has 1 aliphatic carbocycles. The van der Waals surface area contributed by atoms with E-state index in [1.165, 1.54) is 11.7 Å². The molecule has 1 amide bonds. The molecule has 0 bridgehead atoms. The number of fused-ring (bicyclic) bond motifs is 4. The van der Waals surface area contributed by atoms with Gasteiger partial charge in [-0.05, 0) is 54.7 Å². The minimum absolute atomic E-state index is 0.0905. The molecule has 1 heterocycles. The van der Waals surface area contributed by atoms with Crippen LogP contribution in [-0.4, -0.2) is 48.1 Å². The average Bonchev–Trinajstić information content (AvgIpc) is 3.46. The first-order valence-corrected chi connectivity index (χ1v) is 13.2. The van der Waals surface area contributed by atoms with Crippen LogP contribution in [0, 0.1) is 0 Å². The first-order valence-electron chi connectivity index (χ1n) is 13.2. The second-order valence-corrected chi connectivity index (χ2v) is 10.8. The summed E-state index contributed by atoms with van der Waals surface area (Å²) < 4.78 is 17.6. The SMILES string of the molecule is COC(=O)C(Cc1cn(C(=O)OC(C)(C)C)c2ccccc12)NC(=O)OCC1c2ccccc2-c2ccccc21. The fourth-order valence-electron chi connectivity index (χ4n) is 5.21. The third kappa shape index (κ3) is 5.43. The Labute approximate surface area is 232 Å². The molecule has 4 aromatic rings. The number of ether oxygens (including phenoxy) is 3. The molecule has 8 nitrogen and oxygen atoms in total. The molecule has 0 fully saturated rings. The highest BCUT2D eigenvalue weighted by molar-refractivity contribution is 5.93. The van der Waals surface area contributed by atoms with Gasteiger partial charge in [0.25, 0.3) is 0 Å². The van der Waals surface area contributed by atoms with Crippen molar-refractivity contribution in [1.29, 1.82) is 0 Å². The largest absolute Gasteiger partial charge is 0.467 e. The van der Waals surface area contributed by atoms with Gasteiger partial charge in [0.2, 0.25) is 0 Å². The quantitative estimate of drug-likeness (QED) is 0.236. The molecular weight excluding hydrogens is 508 g/mol. The third-order valence-corrected chi connectivity index (χ3v) is 6.93. The standard InChI is InChI=1S/C32H32N2O6/c1-32(2,3)40-31(37)34-18-20(21-11-9-10-16-28(21)34)17-27(29(35)38-4)33-30(36)39-19-26-24-14-7-5-12-22(24)23-13-6-8-15-25(23)26/h5-16,18,26-27H,17,19H2,1-4H3,(H,33,36). The van der Waals surface area contributed by atoms with Crippen molar-refractivity contribution in [1.82, 2.24) is 9.88 Å². The van der Waals surface area contributed by atoms with Gasteiger partial charge >= 0.3 is 18.2 Å². The van der Waals surface area contributed by atoms with Crippen LogP contribution in [0.5, 0.6) is 0 Å². The Morgan fingerprint density at radius 2 is 1.50 bits per heavy atom. The normalized spacial score (nSPS) is 13.3. The summed E-state index contributed by atoms with van der Waals surface area (Å²) in [5.74, 6) is -0.732. The van der Waals surface area contributed by atoms with Crippen molar-refractivity contribution >= 4 is 29.1 Å². The molecule has 1 aliphatic rings. The minimum atomic E-state index is -1.03. The predicted molar refractivity (Wildman–Crippen MR) is 151 cm³/mol. The van der Waals surface area contributed by atoms with Crippen LogP contribution in [0.1, 0.15) is 43.4 Å². The number of esters is 1. The number of carbonyl (C=O) groups is 3. The second kappa shape index (κ2) is 10.9. The molecule has 0 saturated carbocycles. The Morgan fingerprint density at radius 3 is 2.12 bits per heavy atom. The monoisotopic (exact) mass is 540 g/mol. The van der Waals surface area contributed by atoms with E-state index in [-0.39, 0.29) is 18.9 Å². The number of carbonyl (C=O) groups excluding carboxylic acids is 3. The highest BCUT2D eigenvalue weighted by Gasteiger charge is 2.30. The first kappa shape index (κ1) is 27.0. The van der Waals surface area contributed by atoms with Crippen LogP contribution in [0.4, 0.5) is 9.59 Å². The van der Waals surface area contributed by atoms with Gasteiger partial charge in [-0.15, -0.1) is 0 Å². The summed E-state index contributed by atoms with van der Waals surface area (Å²) in [5, 5.41) is 3.43. The van der Waals surface area contributed by atoms with Crippen molar-refractivity contribution in [2.75, 3.05) is 13.7 Å². The molecule has 1 atom stereocenters. The number of aromatic nitrogens is 1. The molecule has 0 spiro atoms. The average molecular weight is 541 g/mol. The van der Waals surface area contributed by atoms with Crippen molar-refractivity contribution in [3.05, 3.63) is 95.7 Å². The van der Waals surface area contributed by atoms with Crippen LogP contribution in [-0.2, 0) is 25.4 Å². The smallest absolute Gasteiger partial charge is 0.419 e. The third-order valence-electron chi connectivity index (χ3n) is 6.93. The van der Waals surface area contributed by atoms with Gasteiger partial charge in [-0.1, -0.05) is 66.7 Å². The molecule has 0 saturated heterocycles. The van der Waals surface area contributed by atoms with E-state index in [0.717, 1.165) is 27.6 Å². The number of amides is 1. The zero-order chi connectivity index (χ0) is 28.4. The number of rotatable bonds is 6. The van der Waals surface area contributed by atoms with E-state index in [9.17, 15) is 14.4 Å². The zero-order valence-electron chi connectivity index (χ0n) is 23.0. The lowest BCUT2D eigenvalue weighted by atomic mass is 9.98. The van der Waals surface area contributed by atoms with E-state index >= 15 is 0 Å². The lowest BCUT2D eigenvalue weighted by Gasteiger charge is -2.19. The molecule has 1 aromatic heterocycles. The summed E-state index contributed by atoms with van der Waals surface area (Å²) in [4.78, 5) is 38.6. The highest BCUT2D eigenvalue weighted by atomic mass is 16.6. The summed E-state index contributed by atoms with van der Waals surface area (Å²) >= 11 is 0. The van der Waals surface area contributed by atoms with Crippen LogP contribution in [0.15, 0.2) is 79.0 Å². The summed E-state index contributed by atoms with van der Waals surface area (Å²) in [6, 6.07) is 22.4. The zero-order valence-corrected chi connectivity index (χ0v) is 23.0. The van der Waals surface area contributed by atoms with Gasteiger partial charge in [0.05, 0.1) is 12.6 Å².